The molecule has 0 bridgehead atoms. The lowest BCUT2D eigenvalue weighted by atomic mass is 10.1. The molecule has 66 valence electrons. The van der Waals surface area contributed by atoms with Crippen LogP contribution in [0, 0.1) is 11.6 Å². The minimum atomic E-state index is -0.638. The fraction of sp³-hybridized carbons (Fsp3) is 0.250. The van der Waals surface area contributed by atoms with Crippen LogP contribution >= 0.6 is 0 Å². The Morgan fingerprint density at radius 1 is 1.42 bits per heavy atom. The van der Waals surface area contributed by atoms with Crippen molar-refractivity contribution >= 4 is 0 Å². The van der Waals surface area contributed by atoms with Crippen LogP contribution in [0.3, 0.4) is 0 Å². The molecule has 0 spiro atoms. The molecule has 0 heterocycles. The van der Waals surface area contributed by atoms with E-state index in [0.717, 1.165) is 18.2 Å². The topological polar surface area (TPSA) is 35.2 Å². The Balaban J connectivity index is 3.04. The minimum absolute atomic E-state index is 0.123. The molecule has 12 heavy (non-hydrogen) atoms. The Hall–Kier alpha value is -1.00. The van der Waals surface area contributed by atoms with Gasteiger partial charge in [0.1, 0.15) is 17.7 Å². The fourth-order valence-electron chi connectivity index (χ4n) is 0.899. The van der Waals surface area contributed by atoms with Crippen LogP contribution in [-0.2, 0) is 4.84 Å². The van der Waals surface area contributed by atoms with Crippen molar-refractivity contribution in [2.75, 3.05) is 0 Å². The van der Waals surface area contributed by atoms with E-state index in [0.29, 0.717) is 0 Å². The zero-order valence-corrected chi connectivity index (χ0v) is 6.55. The number of hydrogen-bond acceptors (Lipinski definition) is 2. The van der Waals surface area contributed by atoms with Gasteiger partial charge in [0.25, 0.3) is 0 Å². The molecular weight excluding hydrogens is 164 g/mol. The van der Waals surface area contributed by atoms with Gasteiger partial charge in [0.05, 0.1) is 0 Å². The number of hydrogen-bond donors (Lipinski definition) is 1. The molecule has 1 atom stereocenters. The van der Waals surface area contributed by atoms with E-state index in [1.165, 1.54) is 6.92 Å². The third-order valence-corrected chi connectivity index (χ3v) is 1.60. The molecule has 0 fully saturated rings. The lowest BCUT2D eigenvalue weighted by Crippen LogP contribution is -2.07. The molecule has 1 aromatic carbocycles. The van der Waals surface area contributed by atoms with Crippen LogP contribution in [0.4, 0.5) is 8.78 Å². The second-order valence-electron chi connectivity index (χ2n) is 2.44. The van der Waals surface area contributed by atoms with Crippen LogP contribution in [0.2, 0.25) is 0 Å². The smallest absolute Gasteiger partial charge is 0.129 e. The highest BCUT2D eigenvalue weighted by Gasteiger charge is 2.10. The molecule has 0 saturated carbocycles. The molecule has 2 nitrogen and oxygen atoms in total. The van der Waals surface area contributed by atoms with E-state index in [1.54, 1.807) is 0 Å². The van der Waals surface area contributed by atoms with Crippen molar-refractivity contribution in [3.63, 3.8) is 0 Å². The second kappa shape index (κ2) is 3.60. The average Bonchev–Trinajstić information content (AvgIpc) is 2.08. The maximum Gasteiger partial charge on any atom is 0.129 e. The van der Waals surface area contributed by atoms with Crippen LogP contribution < -0.4 is 5.90 Å². The lowest BCUT2D eigenvalue weighted by Gasteiger charge is -2.09. The average molecular weight is 173 g/mol. The number of nitrogens with two attached hydrogens (primary N) is 1. The SMILES string of the molecule is CC(ON)c1cc(F)ccc1F. The predicted octanol–water partition coefficient (Wildman–Crippen LogP) is 1.92. The normalized spacial score (nSPS) is 13.0. The zero-order chi connectivity index (χ0) is 9.14. The molecule has 0 saturated heterocycles. The summed E-state index contributed by atoms with van der Waals surface area (Å²) >= 11 is 0. The summed E-state index contributed by atoms with van der Waals surface area (Å²) < 4.78 is 25.5. The van der Waals surface area contributed by atoms with Gasteiger partial charge in [0, 0.05) is 5.56 Å². The summed E-state index contributed by atoms with van der Waals surface area (Å²) in [6.45, 7) is 1.54. The Bertz CT molecular complexity index is 278. The highest BCUT2D eigenvalue weighted by atomic mass is 19.1. The van der Waals surface area contributed by atoms with Crippen molar-refractivity contribution in [3.8, 4) is 0 Å². The Kier molecular flexibility index (Phi) is 2.73. The van der Waals surface area contributed by atoms with Gasteiger partial charge >= 0.3 is 0 Å². The van der Waals surface area contributed by atoms with Gasteiger partial charge in [-0.2, -0.15) is 0 Å². The zero-order valence-electron chi connectivity index (χ0n) is 6.55. The van der Waals surface area contributed by atoms with Gasteiger partial charge in [-0.3, -0.25) is 4.84 Å². The quantitative estimate of drug-likeness (QED) is 0.693. The molecule has 4 heteroatoms. The summed E-state index contributed by atoms with van der Waals surface area (Å²) in [6, 6.07) is 3.15. The number of rotatable bonds is 2. The first kappa shape index (κ1) is 9.09. The van der Waals surface area contributed by atoms with Crippen molar-refractivity contribution in [3.05, 3.63) is 35.4 Å². The summed E-state index contributed by atoms with van der Waals surface area (Å²) in [6.07, 6.45) is -0.638. The van der Waals surface area contributed by atoms with Crippen molar-refractivity contribution in [1.82, 2.24) is 0 Å². The molecule has 0 radical (unpaired) electrons. The summed E-state index contributed by atoms with van der Waals surface area (Å²) in [7, 11) is 0. The lowest BCUT2D eigenvalue weighted by molar-refractivity contribution is 0.0636. The van der Waals surface area contributed by atoms with Gasteiger partial charge in [-0.25, -0.2) is 14.7 Å². The second-order valence-corrected chi connectivity index (χ2v) is 2.44. The van der Waals surface area contributed by atoms with Gasteiger partial charge in [-0.15, -0.1) is 0 Å². The molecular formula is C8H9F2NO. The fourth-order valence-corrected chi connectivity index (χ4v) is 0.899. The molecule has 0 amide bonds. The van der Waals surface area contributed by atoms with Gasteiger partial charge in [-0.05, 0) is 25.1 Å². The van der Waals surface area contributed by atoms with Gasteiger partial charge in [0.15, 0.2) is 0 Å². The van der Waals surface area contributed by atoms with E-state index in [-0.39, 0.29) is 5.56 Å². The van der Waals surface area contributed by atoms with E-state index >= 15 is 0 Å². The number of benzene rings is 1. The van der Waals surface area contributed by atoms with Crippen LogP contribution in [0.5, 0.6) is 0 Å². The first-order chi connectivity index (χ1) is 5.65. The standard InChI is InChI=1S/C8H9F2NO/c1-5(12-11)7-4-6(9)2-3-8(7)10/h2-5H,11H2,1H3. The monoisotopic (exact) mass is 173 g/mol. The summed E-state index contributed by atoms with van der Waals surface area (Å²) in [5.74, 6) is 3.81. The van der Waals surface area contributed by atoms with Crippen molar-refractivity contribution in [1.29, 1.82) is 0 Å². The maximum atomic E-state index is 12.9. The molecule has 0 aliphatic rings. The first-order valence-corrected chi connectivity index (χ1v) is 3.45. The molecule has 2 N–H and O–H groups in total. The number of halogens is 2. The van der Waals surface area contributed by atoms with Gasteiger partial charge in [0.2, 0.25) is 0 Å². The van der Waals surface area contributed by atoms with E-state index in [9.17, 15) is 8.78 Å². The van der Waals surface area contributed by atoms with E-state index < -0.39 is 17.7 Å². The molecule has 0 aromatic heterocycles. The van der Waals surface area contributed by atoms with Crippen molar-refractivity contribution in [2.24, 2.45) is 5.90 Å². The summed E-state index contributed by atoms with van der Waals surface area (Å²) in [5, 5.41) is 0. The molecule has 1 rings (SSSR count). The largest absolute Gasteiger partial charge is 0.297 e. The highest BCUT2D eigenvalue weighted by molar-refractivity contribution is 5.20. The summed E-state index contributed by atoms with van der Waals surface area (Å²) in [5.41, 5.74) is 0.123. The van der Waals surface area contributed by atoms with Gasteiger partial charge in [-0.1, -0.05) is 0 Å². The third kappa shape index (κ3) is 1.78. The maximum absolute atomic E-state index is 12.9. The van der Waals surface area contributed by atoms with Crippen LogP contribution in [0.1, 0.15) is 18.6 Å². The van der Waals surface area contributed by atoms with Crippen molar-refractivity contribution < 1.29 is 13.6 Å². The molecule has 1 unspecified atom stereocenters. The highest BCUT2D eigenvalue weighted by Crippen LogP contribution is 2.19. The third-order valence-electron chi connectivity index (χ3n) is 1.60. The van der Waals surface area contributed by atoms with E-state index in [2.05, 4.69) is 4.84 Å². The van der Waals surface area contributed by atoms with Gasteiger partial charge < -0.3 is 0 Å². The Morgan fingerprint density at radius 3 is 2.67 bits per heavy atom. The van der Waals surface area contributed by atoms with Crippen LogP contribution in [-0.4, -0.2) is 0 Å². The Labute approximate surface area is 68.9 Å². The molecule has 1 aromatic rings. The van der Waals surface area contributed by atoms with Crippen LogP contribution in [0.25, 0.3) is 0 Å². The first-order valence-electron chi connectivity index (χ1n) is 3.45. The Morgan fingerprint density at radius 2 is 2.08 bits per heavy atom. The van der Waals surface area contributed by atoms with E-state index in [4.69, 9.17) is 5.90 Å². The van der Waals surface area contributed by atoms with E-state index in [1.807, 2.05) is 0 Å². The molecule has 0 aliphatic carbocycles. The molecule has 0 aliphatic heterocycles. The van der Waals surface area contributed by atoms with Crippen molar-refractivity contribution in [2.45, 2.75) is 13.0 Å². The minimum Gasteiger partial charge on any atom is -0.297 e. The predicted molar refractivity (Wildman–Crippen MR) is 40.0 cm³/mol. The van der Waals surface area contributed by atoms with Crippen LogP contribution in [0.15, 0.2) is 18.2 Å². The summed E-state index contributed by atoms with van der Waals surface area (Å²) in [4.78, 5) is 4.37.